The second-order valence-electron chi connectivity index (χ2n) is 6.99. The summed E-state index contributed by atoms with van der Waals surface area (Å²) in [5.41, 5.74) is -0.143. The lowest BCUT2D eigenvalue weighted by molar-refractivity contribution is 0.0850. The van der Waals surface area contributed by atoms with Gasteiger partial charge in [0.1, 0.15) is 24.8 Å². The zero-order chi connectivity index (χ0) is 21.3. The molecule has 4 rings (SSSR count). The highest BCUT2D eigenvalue weighted by Gasteiger charge is 2.31. The van der Waals surface area contributed by atoms with Crippen LogP contribution in [0.25, 0.3) is 0 Å². The maximum atomic E-state index is 14.1. The van der Waals surface area contributed by atoms with Crippen LogP contribution in [-0.2, 0) is 0 Å². The molecule has 2 aromatic rings. The standard InChI is InChI=1S/C20H18ClF2N3O4/c21-12-9-13(22)16(14(23)10-12)17(27)11-2-5-26(6-3-11)20(28)25-15-1-4-24-19-18(15)29-7-8-30-19/h1,4,9-11H,2-3,5-8H2,(H,24,25,28). The summed E-state index contributed by atoms with van der Waals surface area (Å²) >= 11 is 5.61. The number of piperidine rings is 1. The number of benzene rings is 1. The van der Waals surface area contributed by atoms with Gasteiger partial charge in [-0.25, -0.2) is 18.6 Å². The number of carbonyl (C=O) groups is 2. The summed E-state index contributed by atoms with van der Waals surface area (Å²) in [6, 6.07) is 3.07. The molecule has 0 aliphatic carbocycles. The molecule has 0 atom stereocenters. The van der Waals surface area contributed by atoms with E-state index < -0.39 is 28.9 Å². The van der Waals surface area contributed by atoms with Gasteiger partial charge in [0.25, 0.3) is 5.88 Å². The van der Waals surface area contributed by atoms with Crippen LogP contribution in [0.1, 0.15) is 23.2 Å². The van der Waals surface area contributed by atoms with Crippen LogP contribution in [0.3, 0.4) is 0 Å². The number of fused-ring (bicyclic) bond motifs is 1. The van der Waals surface area contributed by atoms with Crippen LogP contribution in [0, 0.1) is 17.6 Å². The minimum atomic E-state index is -0.977. The number of nitrogens with one attached hydrogen (secondary N) is 1. The highest BCUT2D eigenvalue weighted by Crippen LogP contribution is 2.35. The summed E-state index contributed by atoms with van der Waals surface area (Å²) < 4.78 is 39.0. The Morgan fingerprint density at radius 2 is 1.80 bits per heavy atom. The molecule has 1 aromatic heterocycles. The predicted molar refractivity (Wildman–Crippen MR) is 104 cm³/mol. The number of urea groups is 1. The maximum absolute atomic E-state index is 14.1. The lowest BCUT2D eigenvalue weighted by Crippen LogP contribution is -2.42. The number of carbonyl (C=O) groups excluding carboxylic acids is 2. The van der Waals surface area contributed by atoms with Crippen LogP contribution in [0.2, 0.25) is 5.02 Å². The van der Waals surface area contributed by atoms with E-state index in [2.05, 4.69) is 10.3 Å². The van der Waals surface area contributed by atoms with Crippen molar-refractivity contribution in [2.24, 2.45) is 5.92 Å². The molecule has 0 radical (unpaired) electrons. The van der Waals surface area contributed by atoms with Crippen molar-refractivity contribution in [3.05, 3.63) is 46.6 Å². The van der Waals surface area contributed by atoms with E-state index in [0.717, 1.165) is 12.1 Å². The fraction of sp³-hybridized carbons (Fsp3) is 0.350. The number of anilines is 1. The maximum Gasteiger partial charge on any atom is 0.321 e. The first-order valence-corrected chi connectivity index (χ1v) is 9.81. The Kier molecular flexibility index (Phi) is 5.72. The number of aromatic nitrogens is 1. The normalized spacial score (nSPS) is 16.3. The van der Waals surface area contributed by atoms with Crippen molar-refractivity contribution in [1.29, 1.82) is 0 Å². The monoisotopic (exact) mass is 437 g/mol. The smallest absolute Gasteiger partial charge is 0.321 e. The molecular weight excluding hydrogens is 420 g/mol. The first-order valence-electron chi connectivity index (χ1n) is 9.43. The molecule has 0 spiro atoms. The average Bonchev–Trinajstić information content (AvgIpc) is 2.73. The number of halogens is 3. The SMILES string of the molecule is O=C(c1c(F)cc(Cl)cc1F)C1CCN(C(=O)Nc2ccnc3c2OCCO3)CC1. The fourth-order valence-electron chi connectivity index (χ4n) is 3.57. The van der Waals surface area contributed by atoms with Crippen LogP contribution in [0.15, 0.2) is 24.4 Å². The molecule has 2 aliphatic heterocycles. The van der Waals surface area contributed by atoms with Gasteiger partial charge in [-0.05, 0) is 31.0 Å². The van der Waals surface area contributed by atoms with Gasteiger partial charge < -0.3 is 19.7 Å². The van der Waals surface area contributed by atoms with Crippen molar-refractivity contribution in [3.63, 3.8) is 0 Å². The largest absolute Gasteiger partial charge is 0.483 e. The fourth-order valence-corrected chi connectivity index (χ4v) is 3.76. The number of hydrogen-bond acceptors (Lipinski definition) is 5. The molecule has 7 nitrogen and oxygen atoms in total. The van der Waals surface area contributed by atoms with Crippen LogP contribution in [0.5, 0.6) is 11.6 Å². The van der Waals surface area contributed by atoms with E-state index in [1.807, 2.05) is 0 Å². The van der Waals surface area contributed by atoms with Crippen LogP contribution in [-0.4, -0.2) is 48.0 Å². The Morgan fingerprint density at radius 1 is 1.13 bits per heavy atom. The molecule has 0 saturated carbocycles. The van der Waals surface area contributed by atoms with Gasteiger partial charge in [-0.15, -0.1) is 0 Å². The Balaban J connectivity index is 1.39. The van der Waals surface area contributed by atoms with Gasteiger partial charge in [0, 0.05) is 30.2 Å². The third kappa shape index (κ3) is 4.02. The van der Waals surface area contributed by atoms with Crippen molar-refractivity contribution in [2.75, 3.05) is 31.6 Å². The van der Waals surface area contributed by atoms with E-state index in [0.29, 0.717) is 43.4 Å². The van der Waals surface area contributed by atoms with E-state index >= 15 is 0 Å². The van der Waals surface area contributed by atoms with Gasteiger partial charge >= 0.3 is 6.03 Å². The minimum Gasteiger partial charge on any atom is -0.483 e. The second kappa shape index (κ2) is 8.43. The molecule has 1 saturated heterocycles. The van der Waals surface area contributed by atoms with E-state index in [4.69, 9.17) is 21.1 Å². The average molecular weight is 438 g/mol. The summed E-state index contributed by atoms with van der Waals surface area (Å²) in [5, 5.41) is 2.65. The van der Waals surface area contributed by atoms with Crippen molar-refractivity contribution >= 4 is 29.1 Å². The zero-order valence-corrected chi connectivity index (χ0v) is 16.5. The highest BCUT2D eigenvalue weighted by molar-refractivity contribution is 6.30. The molecule has 3 heterocycles. The number of ketones is 1. The van der Waals surface area contributed by atoms with Crippen LogP contribution in [0.4, 0.5) is 19.3 Å². The van der Waals surface area contributed by atoms with Crippen molar-refractivity contribution in [3.8, 4) is 11.6 Å². The molecule has 0 unspecified atom stereocenters. The first-order chi connectivity index (χ1) is 14.4. The Labute approximate surface area is 175 Å². The Hall–Kier alpha value is -2.94. The number of nitrogens with zero attached hydrogens (tertiary/aromatic N) is 2. The predicted octanol–water partition coefficient (Wildman–Crippen LogP) is 3.91. The molecular formula is C20H18ClF2N3O4. The molecule has 1 N–H and O–H groups in total. The van der Waals surface area contributed by atoms with E-state index in [-0.39, 0.29) is 24.1 Å². The Morgan fingerprint density at radius 3 is 2.50 bits per heavy atom. The molecule has 10 heteroatoms. The summed E-state index contributed by atoms with van der Waals surface area (Å²) in [5.74, 6) is -2.46. The van der Waals surface area contributed by atoms with E-state index in [1.165, 1.54) is 11.1 Å². The minimum absolute atomic E-state index is 0.110. The van der Waals surface area contributed by atoms with Gasteiger partial charge in [-0.3, -0.25) is 4.79 Å². The van der Waals surface area contributed by atoms with Gasteiger partial charge in [0.05, 0.1) is 11.3 Å². The quantitative estimate of drug-likeness (QED) is 0.736. The third-order valence-corrected chi connectivity index (χ3v) is 5.31. The lowest BCUT2D eigenvalue weighted by Gasteiger charge is -2.31. The lowest BCUT2D eigenvalue weighted by atomic mass is 9.88. The summed E-state index contributed by atoms with van der Waals surface area (Å²) in [6.07, 6.45) is 2.09. The van der Waals surface area contributed by atoms with Gasteiger partial charge in [0.15, 0.2) is 5.78 Å². The molecule has 2 amide bonds. The summed E-state index contributed by atoms with van der Waals surface area (Å²) in [6.45, 7) is 1.27. The van der Waals surface area contributed by atoms with Crippen molar-refractivity contribution in [1.82, 2.24) is 9.88 Å². The molecule has 2 aliphatic rings. The molecule has 0 bridgehead atoms. The summed E-state index contributed by atoms with van der Waals surface area (Å²) in [7, 11) is 0. The number of likely N-dealkylation sites (tertiary alicyclic amines) is 1. The second-order valence-corrected chi connectivity index (χ2v) is 7.43. The number of amides is 2. The summed E-state index contributed by atoms with van der Waals surface area (Å²) in [4.78, 5) is 30.8. The van der Waals surface area contributed by atoms with Gasteiger partial charge in [0.2, 0.25) is 5.75 Å². The molecule has 158 valence electrons. The topological polar surface area (TPSA) is 80.8 Å². The van der Waals surface area contributed by atoms with Gasteiger partial charge in [-0.2, -0.15) is 0 Å². The van der Waals surface area contributed by atoms with E-state index in [9.17, 15) is 18.4 Å². The number of rotatable bonds is 3. The first kappa shape index (κ1) is 20.3. The van der Waals surface area contributed by atoms with Crippen LogP contribution >= 0.6 is 11.6 Å². The molecule has 30 heavy (non-hydrogen) atoms. The van der Waals surface area contributed by atoms with Crippen molar-refractivity contribution < 1.29 is 27.8 Å². The molecule has 1 aromatic carbocycles. The number of Topliss-reactive ketones (excluding diaryl/α,β-unsaturated/α-hetero) is 1. The number of ether oxygens (including phenoxy) is 2. The van der Waals surface area contributed by atoms with E-state index in [1.54, 1.807) is 6.07 Å². The third-order valence-electron chi connectivity index (χ3n) is 5.09. The highest BCUT2D eigenvalue weighted by atomic mass is 35.5. The Bertz CT molecular complexity index is 973. The molecule has 1 fully saturated rings. The number of hydrogen-bond donors (Lipinski definition) is 1. The van der Waals surface area contributed by atoms with Crippen molar-refractivity contribution in [2.45, 2.75) is 12.8 Å². The zero-order valence-electron chi connectivity index (χ0n) is 15.8. The number of pyridine rings is 1. The van der Waals surface area contributed by atoms with Crippen LogP contribution < -0.4 is 14.8 Å². The van der Waals surface area contributed by atoms with Gasteiger partial charge in [-0.1, -0.05) is 11.6 Å².